The maximum Gasteiger partial charge on any atom is 0.219 e. The number of thioether (sulfide) groups is 1. The molecule has 0 radical (unpaired) electrons. The maximum absolute atomic E-state index is 13.8. The molecule has 0 spiro atoms. The Labute approximate surface area is 225 Å². The number of nitriles is 1. The van der Waals surface area contributed by atoms with Gasteiger partial charge in [0.05, 0.1) is 38.9 Å². The molecule has 1 aromatic carbocycles. The number of nitrogens with two attached hydrogens (primary N) is 1. The number of rotatable bonds is 8. The van der Waals surface area contributed by atoms with Gasteiger partial charge in [0.1, 0.15) is 5.82 Å². The zero-order chi connectivity index (χ0) is 26.9. The number of carbonyl (C=O) groups is 1. The van der Waals surface area contributed by atoms with Crippen LogP contribution in [0.25, 0.3) is 0 Å². The molecule has 0 fully saturated rings. The molecular weight excluding hydrogens is 510 g/mol. The second-order valence-corrected chi connectivity index (χ2v) is 11.9. The number of Topliss-reactive ketones (excluding diaryl/α,β-unsaturated/α-hetero) is 1. The van der Waals surface area contributed by atoms with Crippen LogP contribution in [0.1, 0.15) is 51.5 Å². The largest absolute Gasteiger partial charge is 0.493 e. The number of anilines is 1. The molecule has 11 heteroatoms. The second kappa shape index (κ2) is 10.6. The van der Waals surface area contributed by atoms with Gasteiger partial charge in [-0.25, -0.2) is 0 Å². The van der Waals surface area contributed by atoms with Gasteiger partial charge < -0.3 is 19.9 Å². The summed E-state index contributed by atoms with van der Waals surface area (Å²) in [5.41, 5.74) is 8.64. The van der Waals surface area contributed by atoms with Gasteiger partial charge >= 0.3 is 0 Å². The third-order valence-electron chi connectivity index (χ3n) is 6.42. The van der Waals surface area contributed by atoms with E-state index in [2.05, 4.69) is 37.0 Å². The van der Waals surface area contributed by atoms with E-state index in [1.54, 1.807) is 28.8 Å². The lowest BCUT2D eigenvalue weighted by Crippen LogP contribution is -2.42. The highest BCUT2D eigenvalue weighted by molar-refractivity contribution is 8.01. The number of hydrogen-bond acceptors (Lipinski definition) is 11. The molecule has 2 N–H and O–H groups in total. The first-order valence-corrected chi connectivity index (χ1v) is 13.7. The highest BCUT2D eigenvalue weighted by Crippen LogP contribution is 2.52. The highest BCUT2D eigenvalue weighted by Gasteiger charge is 2.45. The summed E-state index contributed by atoms with van der Waals surface area (Å²) in [6.45, 7) is 6.23. The van der Waals surface area contributed by atoms with E-state index in [-0.39, 0.29) is 22.6 Å². The lowest BCUT2D eigenvalue weighted by atomic mass is 9.68. The van der Waals surface area contributed by atoms with Gasteiger partial charge in [-0.2, -0.15) is 5.26 Å². The van der Waals surface area contributed by atoms with Crippen LogP contribution in [0.5, 0.6) is 17.2 Å². The van der Waals surface area contributed by atoms with Crippen molar-refractivity contribution in [2.24, 2.45) is 11.1 Å². The Morgan fingerprint density at radius 3 is 2.43 bits per heavy atom. The number of carbonyl (C=O) groups excluding carboxylic acids is 1. The molecule has 1 aliphatic carbocycles. The number of allylic oxidation sites excluding steroid dienone is 3. The average molecular weight is 542 g/mol. The Morgan fingerprint density at radius 1 is 1.19 bits per heavy atom. The van der Waals surface area contributed by atoms with Crippen LogP contribution in [0.3, 0.4) is 0 Å². The predicted molar refractivity (Wildman–Crippen MR) is 144 cm³/mol. The molecule has 1 aliphatic heterocycles. The molecule has 2 aromatic rings. The van der Waals surface area contributed by atoms with Gasteiger partial charge in [-0.15, -0.1) is 10.2 Å². The Morgan fingerprint density at radius 2 is 1.86 bits per heavy atom. The number of aromatic nitrogens is 2. The monoisotopic (exact) mass is 541 g/mol. The van der Waals surface area contributed by atoms with Crippen molar-refractivity contribution in [1.29, 1.82) is 5.26 Å². The van der Waals surface area contributed by atoms with Gasteiger partial charge in [0.25, 0.3) is 0 Å². The van der Waals surface area contributed by atoms with Crippen molar-refractivity contribution in [3.05, 3.63) is 40.4 Å². The number of methoxy groups -OCH3 is 3. The molecular formula is C26H31N5O4S2. The molecule has 0 saturated heterocycles. The van der Waals surface area contributed by atoms with Crippen molar-refractivity contribution in [3.63, 3.8) is 0 Å². The summed E-state index contributed by atoms with van der Waals surface area (Å²) in [6, 6.07) is 5.83. The van der Waals surface area contributed by atoms with Gasteiger partial charge in [0.15, 0.2) is 21.6 Å². The summed E-state index contributed by atoms with van der Waals surface area (Å²) in [5, 5.41) is 19.6. The summed E-state index contributed by atoms with van der Waals surface area (Å²) in [4.78, 5) is 15.5. The molecule has 4 rings (SSSR count). The van der Waals surface area contributed by atoms with Crippen molar-refractivity contribution in [2.45, 2.75) is 50.3 Å². The highest BCUT2D eigenvalue weighted by atomic mass is 32.2. The first kappa shape index (κ1) is 26.8. The molecule has 0 bridgehead atoms. The zero-order valence-corrected chi connectivity index (χ0v) is 23.5. The number of ether oxygens (including phenoxy) is 3. The van der Waals surface area contributed by atoms with Crippen LogP contribution >= 0.6 is 23.1 Å². The van der Waals surface area contributed by atoms with E-state index < -0.39 is 5.92 Å². The summed E-state index contributed by atoms with van der Waals surface area (Å²) >= 11 is 3.03. The van der Waals surface area contributed by atoms with Crippen LogP contribution < -0.4 is 24.8 Å². The second-order valence-electron chi connectivity index (χ2n) is 9.64. The minimum atomic E-state index is -0.685. The van der Waals surface area contributed by atoms with Crippen LogP contribution in [-0.2, 0) is 4.79 Å². The quantitative estimate of drug-likeness (QED) is 0.456. The average Bonchev–Trinajstić information content (AvgIpc) is 3.33. The fraction of sp³-hybridized carbons (Fsp3) is 0.462. The molecule has 0 saturated carbocycles. The van der Waals surface area contributed by atoms with E-state index in [0.717, 1.165) is 22.2 Å². The first-order valence-electron chi connectivity index (χ1n) is 11.9. The topological polar surface area (TPSA) is 124 Å². The fourth-order valence-corrected chi connectivity index (χ4v) is 6.68. The molecule has 37 heavy (non-hydrogen) atoms. The number of hydrogen-bond donors (Lipinski definition) is 1. The van der Waals surface area contributed by atoms with E-state index in [9.17, 15) is 10.1 Å². The van der Waals surface area contributed by atoms with Crippen molar-refractivity contribution in [2.75, 3.05) is 32.0 Å². The minimum absolute atomic E-state index is 0.0275. The standard InChI is InChI=1S/C26H31N5O4S2/c1-7-8-36-25-30-29-24(37-25)31-16-11-26(2,3)12-17(32)21(16)20(15(13-27)23(31)28)14-9-18(33-4)22(35-6)19(10-14)34-5/h9-10,20H,7-8,11-12,28H2,1-6H3. The SMILES string of the molecule is CCCSc1nnc(N2C(N)=C(C#N)C(c3cc(OC)c(OC)c(OC)c3)C3=C2CC(C)(C)CC3=O)s1. The smallest absolute Gasteiger partial charge is 0.219 e. The third-order valence-corrected chi connectivity index (χ3v) is 8.67. The molecule has 196 valence electrons. The normalized spacial score (nSPS) is 19.0. The summed E-state index contributed by atoms with van der Waals surface area (Å²) in [7, 11) is 4.59. The summed E-state index contributed by atoms with van der Waals surface area (Å²) < 4.78 is 17.4. The van der Waals surface area contributed by atoms with Crippen LogP contribution in [0.4, 0.5) is 5.13 Å². The summed E-state index contributed by atoms with van der Waals surface area (Å²) in [6.07, 6.45) is 1.96. The first-order chi connectivity index (χ1) is 17.7. The Hall–Kier alpha value is -3.23. The molecule has 2 aliphatic rings. The van der Waals surface area contributed by atoms with Gasteiger partial charge in [-0.05, 0) is 36.0 Å². The number of ketones is 1. The molecule has 9 nitrogen and oxygen atoms in total. The third kappa shape index (κ3) is 4.88. The lowest BCUT2D eigenvalue weighted by Gasteiger charge is -2.42. The van der Waals surface area contributed by atoms with E-state index >= 15 is 0 Å². The van der Waals surface area contributed by atoms with Crippen LogP contribution in [0.2, 0.25) is 0 Å². The van der Waals surface area contributed by atoms with Gasteiger partial charge in [-0.3, -0.25) is 9.69 Å². The predicted octanol–water partition coefficient (Wildman–Crippen LogP) is 5.01. The van der Waals surface area contributed by atoms with Crippen molar-refractivity contribution in [1.82, 2.24) is 10.2 Å². The van der Waals surface area contributed by atoms with Crippen LogP contribution in [0, 0.1) is 16.7 Å². The van der Waals surface area contributed by atoms with E-state index in [4.69, 9.17) is 19.9 Å². The minimum Gasteiger partial charge on any atom is -0.493 e. The lowest BCUT2D eigenvalue weighted by molar-refractivity contribution is -0.118. The Bertz CT molecular complexity index is 1300. The van der Waals surface area contributed by atoms with E-state index in [1.165, 1.54) is 32.7 Å². The summed E-state index contributed by atoms with van der Waals surface area (Å²) in [5.74, 6) is 1.75. The van der Waals surface area contributed by atoms with Crippen LogP contribution in [-0.4, -0.2) is 43.1 Å². The number of benzene rings is 1. The Kier molecular flexibility index (Phi) is 7.71. The van der Waals surface area contributed by atoms with Gasteiger partial charge in [0.2, 0.25) is 10.9 Å². The van der Waals surface area contributed by atoms with Crippen molar-refractivity contribution < 1.29 is 19.0 Å². The maximum atomic E-state index is 13.8. The molecule has 1 unspecified atom stereocenters. The van der Waals surface area contributed by atoms with Gasteiger partial charge in [-0.1, -0.05) is 43.9 Å². The van der Waals surface area contributed by atoms with Crippen molar-refractivity contribution >= 4 is 34.0 Å². The van der Waals surface area contributed by atoms with Crippen LogP contribution in [0.15, 0.2) is 39.1 Å². The van der Waals surface area contributed by atoms with E-state index in [1.807, 2.05) is 0 Å². The van der Waals surface area contributed by atoms with Gasteiger partial charge in [0, 0.05) is 23.4 Å². The molecule has 0 amide bonds. The van der Waals surface area contributed by atoms with Crippen molar-refractivity contribution in [3.8, 4) is 23.3 Å². The van der Waals surface area contributed by atoms with E-state index in [0.29, 0.717) is 46.4 Å². The molecule has 1 aromatic heterocycles. The number of nitrogens with zero attached hydrogens (tertiary/aromatic N) is 4. The molecule has 1 atom stereocenters. The zero-order valence-electron chi connectivity index (χ0n) is 21.9. The Balaban J connectivity index is 1.96. The fourth-order valence-electron chi connectivity index (χ4n) is 4.87. The molecule has 2 heterocycles.